The minimum absolute atomic E-state index is 0.157. The zero-order chi connectivity index (χ0) is 9.47. The van der Waals surface area contributed by atoms with Crippen LogP contribution >= 0.6 is 24.2 Å². The molecule has 76 valence electrons. The second-order valence-corrected chi connectivity index (χ2v) is 6.57. The number of halogens is 1. The van der Waals surface area contributed by atoms with Crippen LogP contribution in [-0.2, 0) is 0 Å². The van der Waals surface area contributed by atoms with Crippen LogP contribution < -0.4 is 0 Å². The van der Waals surface area contributed by atoms with Gasteiger partial charge in [-0.2, -0.15) is 12.6 Å². The van der Waals surface area contributed by atoms with Crippen molar-refractivity contribution in [3.8, 4) is 0 Å². The summed E-state index contributed by atoms with van der Waals surface area (Å²) in [6.45, 7) is 2.33. The molecule has 0 aromatic carbocycles. The van der Waals surface area contributed by atoms with E-state index in [2.05, 4.69) is 6.92 Å². The van der Waals surface area contributed by atoms with Crippen LogP contribution in [-0.4, -0.2) is 10.1 Å². The molecule has 0 spiro atoms. The highest BCUT2D eigenvalue weighted by Gasteiger charge is 2.39. The van der Waals surface area contributed by atoms with Crippen LogP contribution in [0.5, 0.6) is 0 Å². The van der Waals surface area contributed by atoms with Gasteiger partial charge in [-0.3, -0.25) is 0 Å². The topological polar surface area (TPSA) is 0 Å². The maximum atomic E-state index is 6.59. The molecule has 0 radical (unpaired) electrons. The van der Waals surface area contributed by atoms with Crippen molar-refractivity contribution in [1.82, 2.24) is 0 Å². The summed E-state index contributed by atoms with van der Waals surface area (Å²) in [5.41, 5.74) is 0. The van der Waals surface area contributed by atoms with Crippen LogP contribution in [0.25, 0.3) is 0 Å². The molecule has 0 heterocycles. The van der Waals surface area contributed by atoms with Gasteiger partial charge in [0.2, 0.25) is 0 Å². The fourth-order valence-electron chi connectivity index (χ4n) is 3.06. The van der Waals surface area contributed by atoms with Gasteiger partial charge in [-0.25, -0.2) is 0 Å². The predicted molar refractivity (Wildman–Crippen MR) is 61.7 cm³/mol. The molecule has 2 bridgehead atoms. The Morgan fingerprint density at radius 3 is 2.54 bits per heavy atom. The lowest BCUT2D eigenvalue weighted by atomic mass is 9.71. The van der Waals surface area contributed by atoms with Gasteiger partial charge in [0, 0.05) is 10.1 Å². The lowest BCUT2D eigenvalue weighted by Crippen LogP contribution is -2.37. The Labute approximate surface area is 91.8 Å². The Morgan fingerprint density at radius 1 is 1.31 bits per heavy atom. The second kappa shape index (κ2) is 3.66. The van der Waals surface area contributed by atoms with Gasteiger partial charge in [0.05, 0.1) is 0 Å². The van der Waals surface area contributed by atoms with Gasteiger partial charge in [0.25, 0.3) is 0 Å². The van der Waals surface area contributed by atoms with E-state index in [0.29, 0.717) is 5.25 Å². The van der Waals surface area contributed by atoms with E-state index in [4.69, 9.17) is 24.2 Å². The first kappa shape index (κ1) is 10.2. The quantitative estimate of drug-likeness (QED) is 0.463. The Kier molecular flexibility index (Phi) is 2.86. The van der Waals surface area contributed by atoms with Crippen LogP contribution in [0.15, 0.2) is 0 Å². The van der Waals surface area contributed by atoms with E-state index in [1.807, 2.05) is 0 Å². The summed E-state index contributed by atoms with van der Waals surface area (Å²) in [5.74, 6) is 1.61. The van der Waals surface area contributed by atoms with Crippen LogP contribution in [0.2, 0.25) is 0 Å². The predicted octanol–water partition coefficient (Wildman–Crippen LogP) is 3.88. The summed E-state index contributed by atoms with van der Waals surface area (Å²) in [4.78, 5) is 0.157. The van der Waals surface area contributed by atoms with Crippen LogP contribution in [0.3, 0.4) is 0 Å². The molecule has 0 saturated heterocycles. The first-order chi connectivity index (χ1) is 6.09. The molecule has 2 unspecified atom stereocenters. The lowest BCUT2D eigenvalue weighted by Gasteiger charge is -2.42. The SMILES string of the molecule is CC1CC(S)C2CCC(Cl)(CC2)C1. The van der Waals surface area contributed by atoms with Gasteiger partial charge < -0.3 is 0 Å². The number of alkyl halides is 1. The Balaban J connectivity index is 2.11. The highest BCUT2D eigenvalue weighted by molar-refractivity contribution is 7.81. The molecule has 3 aliphatic rings. The molecule has 0 amide bonds. The maximum Gasteiger partial charge on any atom is 0.0449 e. The van der Waals surface area contributed by atoms with Crippen molar-refractivity contribution in [2.45, 2.75) is 55.6 Å². The molecule has 0 aromatic heterocycles. The highest BCUT2D eigenvalue weighted by Crippen LogP contribution is 2.47. The Bertz CT molecular complexity index is 185. The molecule has 0 N–H and O–H groups in total. The maximum absolute atomic E-state index is 6.59. The summed E-state index contributed by atoms with van der Waals surface area (Å²) in [6, 6.07) is 0. The van der Waals surface area contributed by atoms with Gasteiger partial charge in [-0.1, -0.05) is 6.92 Å². The smallest absolute Gasteiger partial charge is 0.0449 e. The zero-order valence-corrected chi connectivity index (χ0v) is 9.95. The van der Waals surface area contributed by atoms with Crippen molar-refractivity contribution in [3.05, 3.63) is 0 Å². The summed E-state index contributed by atoms with van der Waals surface area (Å²) in [7, 11) is 0. The molecule has 0 aromatic rings. The molecule has 3 saturated carbocycles. The minimum atomic E-state index is 0.157. The molecule has 3 fully saturated rings. The van der Waals surface area contributed by atoms with E-state index >= 15 is 0 Å². The molecular weight excluding hydrogens is 200 g/mol. The summed E-state index contributed by atoms with van der Waals surface area (Å²) < 4.78 is 0. The summed E-state index contributed by atoms with van der Waals surface area (Å²) in [6.07, 6.45) is 7.54. The number of thiol groups is 1. The van der Waals surface area contributed by atoms with Crippen molar-refractivity contribution >= 4 is 24.2 Å². The van der Waals surface area contributed by atoms with E-state index in [1.165, 1.54) is 38.5 Å². The zero-order valence-electron chi connectivity index (χ0n) is 8.30. The molecule has 2 heteroatoms. The van der Waals surface area contributed by atoms with Crippen LogP contribution in [0, 0.1) is 11.8 Å². The van der Waals surface area contributed by atoms with E-state index in [9.17, 15) is 0 Å². The van der Waals surface area contributed by atoms with Crippen LogP contribution in [0.4, 0.5) is 0 Å². The standard InChI is InChI=1S/C11H19ClS/c1-8-6-10(13)9-2-4-11(12,7-8)5-3-9/h8-10,13H,2-7H2,1H3. The van der Waals surface area contributed by atoms with E-state index in [1.54, 1.807) is 0 Å². The fourth-order valence-corrected chi connectivity index (χ4v) is 4.20. The number of fused-ring (bicyclic) bond motifs is 5. The molecule has 3 rings (SSSR count). The van der Waals surface area contributed by atoms with Crippen molar-refractivity contribution in [2.24, 2.45) is 11.8 Å². The normalized spacial score (nSPS) is 51.5. The van der Waals surface area contributed by atoms with Gasteiger partial charge in [-0.15, -0.1) is 11.6 Å². The van der Waals surface area contributed by atoms with Crippen molar-refractivity contribution in [1.29, 1.82) is 0 Å². The van der Waals surface area contributed by atoms with Crippen molar-refractivity contribution in [2.75, 3.05) is 0 Å². The Hall–Kier alpha value is 0.640. The first-order valence-corrected chi connectivity index (χ1v) is 6.35. The summed E-state index contributed by atoms with van der Waals surface area (Å²) in [5, 5.41) is 0.636. The fraction of sp³-hybridized carbons (Fsp3) is 1.00. The van der Waals surface area contributed by atoms with Gasteiger partial charge in [-0.05, 0) is 50.4 Å². The number of hydrogen-bond donors (Lipinski definition) is 1. The van der Waals surface area contributed by atoms with E-state index in [0.717, 1.165) is 11.8 Å². The van der Waals surface area contributed by atoms with Crippen molar-refractivity contribution in [3.63, 3.8) is 0 Å². The van der Waals surface area contributed by atoms with Crippen LogP contribution in [0.1, 0.15) is 45.4 Å². The molecular formula is C11H19ClS. The molecule has 2 atom stereocenters. The monoisotopic (exact) mass is 218 g/mol. The minimum Gasteiger partial charge on any atom is -0.176 e. The van der Waals surface area contributed by atoms with Gasteiger partial charge in [0.15, 0.2) is 0 Å². The van der Waals surface area contributed by atoms with Gasteiger partial charge in [0.1, 0.15) is 0 Å². The van der Waals surface area contributed by atoms with E-state index < -0.39 is 0 Å². The first-order valence-electron chi connectivity index (χ1n) is 5.46. The molecule has 13 heavy (non-hydrogen) atoms. The number of hydrogen-bond acceptors (Lipinski definition) is 1. The third-order valence-electron chi connectivity index (χ3n) is 3.83. The third-order valence-corrected chi connectivity index (χ3v) is 4.99. The molecule has 0 aliphatic heterocycles. The largest absolute Gasteiger partial charge is 0.176 e. The van der Waals surface area contributed by atoms with Gasteiger partial charge >= 0.3 is 0 Å². The molecule has 3 aliphatic carbocycles. The average molecular weight is 219 g/mol. The van der Waals surface area contributed by atoms with Crippen molar-refractivity contribution < 1.29 is 0 Å². The molecule has 0 nitrogen and oxygen atoms in total. The summed E-state index contributed by atoms with van der Waals surface area (Å²) >= 11 is 11.3. The Morgan fingerprint density at radius 2 is 1.92 bits per heavy atom. The third kappa shape index (κ3) is 2.18. The highest BCUT2D eigenvalue weighted by atomic mass is 35.5. The average Bonchev–Trinajstić information content (AvgIpc) is 2.01. The number of rotatable bonds is 0. The van der Waals surface area contributed by atoms with E-state index in [-0.39, 0.29) is 4.87 Å². The second-order valence-electron chi connectivity index (χ2n) is 5.10. The lowest BCUT2D eigenvalue weighted by molar-refractivity contribution is 0.210.